The molecule has 234 valence electrons. The molecule has 1 saturated carbocycles. The monoisotopic (exact) mass is 604 g/mol. The van der Waals surface area contributed by atoms with Gasteiger partial charge in [-0.1, -0.05) is 30.3 Å². The Balaban J connectivity index is 1.67. The molecule has 4 N–H and O–H groups in total. The first kappa shape index (κ1) is 34.3. The zero-order chi connectivity index (χ0) is 31.7. The first-order chi connectivity index (χ1) is 21.3. The van der Waals surface area contributed by atoms with Gasteiger partial charge in [-0.25, -0.2) is 0 Å². The molecule has 1 fully saturated rings. The summed E-state index contributed by atoms with van der Waals surface area (Å²) >= 11 is 0. The van der Waals surface area contributed by atoms with E-state index in [1.165, 1.54) is 0 Å². The summed E-state index contributed by atoms with van der Waals surface area (Å²) in [6.45, 7) is 1.31. The number of nitrogens with one attached hydrogen (secondary N) is 4. The molecule has 44 heavy (non-hydrogen) atoms. The summed E-state index contributed by atoms with van der Waals surface area (Å²) in [7, 11) is 0.694. The normalized spacial score (nSPS) is 15.1. The van der Waals surface area contributed by atoms with Crippen LogP contribution in [0.25, 0.3) is 0 Å². The molecule has 0 aliphatic heterocycles. The quantitative estimate of drug-likeness (QED) is 0.121. The Bertz CT molecular complexity index is 1260. The molecule has 0 bridgehead atoms. The zero-order valence-electron chi connectivity index (χ0n) is 25.1. The maximum atomic E-state index is 13.6. The van der Waals surface area contributed by atoms with Crippen LogP contribution < -0.4 is 21.3 Å². The van der Waals surface area contributed by atoms with E-state index in [1.807, 2.05) is 6.07 Å². The topological polar surface area (TPSA) is 160 Å². The summed E-state index contributed by atoms with van der Waals surface area (Å²) in [5.41, 5.74) is 1.27. The van der Waals surface area contributed by atoms with E-state index in [0.717, 1.165) is 37.7 Å². The molecular formula is C32H41BN4O7. The van der Waals surface area contributed by atoms with Gasteiger partial charge in [0.25, 0.3) is 0 Å². The molecule has 0 heterocycles. The van der Waals surface area contributed by atoms with Crippen LogP contribution in [0.3, 0.4) is 0 Å². The van der Waals surface area contributed by atoms with Crippen LogP contribution in [0.1, 0.15) is 69.0 Å². The number of ether oxygens (including phenoxy) is 1. The average Bonchev–Trinajstić information content (AvgIpc) is 3.06. The van der Waals surface area contributed by atoms with E-state index in [0.29, 0.717) is 19.1 Å². The number of benzene rings is 2. The van der Waals surface area contributed by atoms with Crippen LogP contribution in [0.5, 0.6) is 0 Å². The molecule has 1 aliphatic carbocycles. The minimum absolute atomic E-state index is 0.00122. The number of Topliss-reactive ketones (excluding diaryl/α,β-unsaturated/α-hetero) is 1. The first-order valence-electron chi connectivity index (χ1n) is 15.2. The Morgan fingerprint density at radius 2 is 1.55 bits per heavy atom. The molecule has 0 spiro atoms. The van der Waals surface area contributed by atoms with Crippen molar-refractivity contribution < 1.29 is 33.4 Å². The third-order valence-electron chi connectivity index (χ3n) is 7.58. The molecule has 3 rings (SSSR count). The van der Waals surface area contributed by atoms with Gasteiger partial charge in [0.15, 0.2) is 0 Å². The van der Waals surface area contributed by atoms with Crippen LogP contribution in [0, 0.1) is 5.92 Å². The number of rotatable bonds is 17. The summed E-state index contributed by atoms with van der Waals surface area (Å²) in [5.74, 6) is -3.73. The Kier molecular flexibility index (Phi) is 14.4. The molecule has 0 saturated heterocycles. The van der Waals surface area contributed by atoms with E-state index in [9.17, 15) is 28.7 Å². The second-order valence-corrected chi connectivity index (χ2v) is 10.8. The number of hydrogen-bond acceptors (Lipinski definition) is 8. The summed E-state index contributed by atoms with van der Waals surface area (Å²) in [4.78, 5) is 65.0. The molecule has 3 atom stereocenters. The predicted molar refractivity (Wildman–Crippen MR) is 163 cm³/mol. The van der Waals surface area contributed by atoms with E-state index in [4.69, 9.17) is 4.74 Å². The van der Waals surface area contributed by atoms with Gasteiger partial charge in [-0.3, -0.25) is 4.79 Å². The molecule has 2 aromatic rings. The average molecular weight is 605 g/mol. The second kappa shape index (κ2) is 18.5. The Morgan fingerprint density at radius 1 is 0.886 bits per heavy atom. The van der Waals surface area contributed by atoms with E-state index < -0.39 is 54.1 Å². The fourth-order valence-electron chi connectivity index (χ4n) is 5.29. The van der Waals surface area contributed by atoms with Gasteiger partial charge >= 0.3 is 200 Å². The van der Waals surface area contributed by atoms with Crippen LogP contribution in [0.15, 0.2) is 60.7 Å². The third-order valence-corrected chi connectivity index (χ3v) is 7.58. The fourth-order valence-corrected chi connectivity index (χ4v) is 5.29. The van der Waals surface area contributed by atoms with Crippen LogP contribution in [0.4, 0.5) is 0 Å². The van der Waals surface area contributed by atoms with Crippen LogP contribution in [-0.4, -0.2) is 61.7 Å². The third kappa shape index (κ3) is 10.8. The van der Waals surface area contributed by atoms with Crippen molar-refractivity contribution in [3.05, 3.63) is 71.8 Å². The van der Waals surface area contributed by atoms with Crippen molar-refractivity contribution in [2.45, 2.75) is 76.6 Å². The van der Waals surface area contributed by atoms with Crippen molar-refractivity contribution in [3.8, 4) is 0 Å². The van der Waals surface area contributed by atoms with E-state index in [2.05, 4.69) is 21.3 Å². The molecule has 3 amide bonds. The van der Waals surface area contributed by atoms with Crippen molar-refractivity contribution >= 4 is 36.6 Å². The molecule has 11 nitrogen and oxygen atoms in total. The van der Waals surface area contributed by atoms with E-state index >= 15 is 0 Å². The van der Waals surface area contributed by atoms with Gasteiger partial charge in [0.05, 0.1) is 0 Å². The van der Waals surface area contributed by atoms with Crippen molar-refractivity contribution in [1.82, 2.24) is 21.3 Å². The summed E-state index contributed by atoms with van der Waals surface area (Å²) in [6.07, 6.45) is 5.34. The first-order valence-corrected chi connectivity index (χ1v) is 15.2. The van der Waals surface area contributed by atoms with Crippen LogP contribution in [-0.2, 0) is 40.0 Å². The van der Waals surface area contributed by atoms with Gasteiger partial charge in [0.2, 0.25) is 0 Å². The SMILES string of the molecule is CCCC(NC(=O)[C@@H](NC(=O)[C@@H](NCB=O)C1CCCCC1)c1ccccc1)C(=O)C(=O)NCC(=O)OCc1ccccc1. The van der Waals surface area contributed by atoms with Gasteiger partial charge in [0.1, 0.15) is 13.2 Å². The summed E-state index contributed by atoms with van der Waals surface area (Å²) in [6, 6.07) is 14.6. The maximum absolute atomic E-state index is 13.6. The molecular weight excluding hydrogens is 563 g/mol. The molecule has 1 aliphatic rings. The van der Waals surface area contributed by atoms with Gasteiger partial charge in [-0.15, -0.1) is 0 Å². The van der Waals surface area contributed by atoms with Crippen LogP contribution in [0.2, 0.25) is 0 Å². The number of hydrogen-bond donors (Lipinski definition) is 4. The molecule has 12 heteroatoms. The van der Waals surface area contributed by atoms with Crippen LogP contribution >= 0.6 is 0 Å². The summed E-state index contributed by atoms with van der Waals surface area (Å²) in [5, 5.41) is 10.7. The minimum atomic E-state index is -1.18. The number of carbonyl (C=O) groups is 5. The van der Waals surface area contributed by atoms with Crippen molar-refractivity contribution in [2.75, 3.05) is 13.0 Å². The molecule has 0 radical (unpaired) electrons. The Labute approximate surface area is 258 Å². The standard InChI is InChI=1S/C32H41BN4O7/c1-2-12-25(29(39)32(42)34-19-26(38)44-20-22-13-6-3-7-14-22)36-31(41)28(24-17-10-5-11-18-24)37-30(40)27(35-21-33-43)23-15-8-4-9-16-23/h3,5-7,10-11,13-14,17-18,23,25,27-28,35H,2,4,8-9,12,15-16,19-21H2,1H3,(H,34,42)(H,36,41)(H,37,40)/t25?,27-,28-/m0/s1. The minimum Gasteiger partial charge on any atom is -0.460 e. The van der Waals surface area contributed by atoms with Gasteiger partial charge in [-0.05, 0) is 5.56 Å². The van der Waals surface area contributed by atoms with Gasteiger partial charge in [0, 0.05) is 0 Å². The molecule has 0 aromatic heterocycles. The smallest absolute Gasteiger partial charge is 0.460 e. The van der Waals surface area contributed by atoms with Crippen molar-refractivity contribution in [2.24, 2.45) is 5.92 Å². The van der Waals surface area contributed by atoms with Gasteiger partial charge < -0.3 is 4.74 Å². The Morgan fingerprint density at radius 3 is 2.18 bits per heavy atom. The number of ketones is 1. The number of amides is 3. The number of esters is 1. The van der Waals surface area contributed by atoms with Gasteiger partial charge in [-0.2, -0.15) is 0 Å². The van der Waals surface area contributed by atoms with E-state index in [1.54, 1.807) is 61.5 Å². The predicted octanol–water partition coefficient (Wildman–Crippen LogP) is 2.10. The van der Waals surface area contributed by atoms with E-state index in [-0.39, 0.29) is 25.4 Å². The number of carbonyl (C=O) groups excluding carboxylic acids is 5. The molecule has 1 unspecified atom stereocenters. The zero-order valence-corrected chi connectivity index (χ0v) is 25.1. The van der Waals surface area contributed by atoms with Crippen molar-refractivity contribution in [3.63, 3.8) is 0 Å². The molecule has 2 aromatic carbocycles. The fraction of sp³-hybridized carbons (Fsp3) is 0.469. The summed E-state index contributed by atoms with van der Waals surface area (Å²) < 4.78 is 16.2. The Hall–Kier alpha value is -4.19. The van der Waals surface area contributed by atoms with Crippen molar-refractivity contribution in [1.29, 1.82) is 0 Å². The second-order valence-electron chi connectivity index (χ2n) is 10.8.